The second kappa shape index (κ2) is 16.5. The Labute approximate surface area is 248 Å². The number of carbonyl (C=O) groups is 4. The Kier molecular flexibility index (Phi) is 13.4. The Hall–Kier alpha value is -3.80. The molecule has 0 aliphatic rings. The van der Waals surface area contributed by atoms with Crippen molar-refractivity contribution in [1.82, 2.24) is 15.5 Å². The number of nitrogens with one attached hydrogen (secondary N) is 2. The summed E-state index contributed by atoms with van der Waals surface area (Å²) < 4.78 is 16.9. The third-order valence-electron chi connectivity index (χ3n) is 5.53. The van der Waals surface area contributed by atoms with Crippen molar-refractivity contribution in [2.45, 2.75) is 58.3 Å². The number of carboxylic acids is 1. The van der Waals surface area contributed by atoms with E-state index in [2.05, 4.69) is 26.6 Å². The molecule has 2 aromatic carbocycles. The lowest BCUT2D eigenvalue weighted by molar-refractivity contribution is -0.123. The number of alkyl carbamates (subject to hydrolysis) is 1. The lowest BCUT2D eigenvalue weighted by Gasteiger charge is -2.25. The number of benzene rings is 2. The highest BCUT2D eigenvalue weighted by Gasteiger charge is 2.23. The lowest BCUT2D eigenvalue weighted by atomic mass is 10.1. The molecule has 3 amide bonds. The summed E-state index contributed by atoms with van der Waals surface area (Å²) in [6.45, 7) is 5.49. The first-order valence-electron chi connectivity index (χ1n) is 13.2. The van der Waals surface area contributed by atoms with E-state index in [1.54, 1.807) is 32.9 Å². The van der Waals surface area contributed by atoms with Gasteiger partial charge in [-0.05, 0) is 63.8 Å². The van der Waals surface area contributed by atoms with Crippen LogP contribution < -0.4 is 15.4 Å². The van der Waals surface area contributed by atoms with Gasteiger partial charge in [-0.15, -0.1) is 0 Å². The zero-order valence-electron chi connectivity index (χ0n) is 23.8. The fraction of sp³-hybridized carbons (Fsp3) is 0.448. The molecule has 0 radical (unpaired) electrons. The quantitative estimate of drug-likeness (QED) is 0.247. The molecule has 3 N–H and O–H groups in total. The third kappa shape index (κ3) is 13.4. The van der Waals surface area contributed by atoms with Crippen LogP contribution in [-0.2, 0) is 20.9 Å². The monoisotopic (exact) mass is 635 g/mol. The summed E-state index contributed by atoms with van der Waals surface area (Å²) in [6, 6.07) is 13.4. The van der Waals surface area contributed by atoms with Gasteiger partial charge in [0.15, 0.2) is 0 Å². The summed E-state index contributed by atoms with van der Waals surface area (Å²) in [5, 5.41) is 15.0. The minimum absolute atomic E-state index is 0.00876. The molecule has 224 valence electrons. The summed E-state index contributed by atoms with van der Waals surface area (Å²) in [6.07, 6.45) is 0.523. The summed E-state index contributed by atoms with van der Waals surface area (Å²) in [5.74, 6) is -1.42. The number of nitrogens with zero attached hydrogens (tertiary/aromatic N) is 1. The molecular formula is C29H38BrN3O8. The van der Waals surface area contributed by atoms with Gasteiger partial charge < -0.3 is 34.9 Å². The van der Waals surface area contributed by atoms with E-state index in [1.165, 1.54) is 18.0 Å². The molecule has 0 saturated heterocycles. The second-order valence-corrected chi connectivity index (χ2v) is 11.3. The average molecular weight is 637 g/mol. The number of unbranched alkanes of at least 4 members (excludes halogenated alkanes) is 1. The van der Waals surface area contributed by atoms with Gasteiger partial charge in [-0.25, -0.2) is 14.4 Å². The largest absolute Gasteiger partial charge is 0.491 e. The van der Waals surface area contributed by atoms with Gasteiger partial charge in [0, 0.05) is 18.1 Å². The van der Waals surface area contributed by atoms with E-state index in [9.17, 15) is 24.3 Å². The number of carboxylic acid groups (broad SMARTS) is 1. The fourth-order valence-electron chi connectivity index (χ4n) is 3.55. The molecule has 1 atom stereocenters. The van der Waals surface area contributed by atoms with Crippen molar-refractivity contribution >= 4 is 40.0 Å². The molecule has 11 nitrogen and oxygen atoms in total. The number of amides is 3. The minimum Gasteiger partial charge on any atom is -0.491 e. The SMILES string of the molecule is CN(CC(=O)NC(CCCCNC(=O)OCc1ccccc1)COc1cc(Br)ccc1C(=O)O)C(=O)OC(C)(C)C. The maximum Gasteiger partial charge on any atom is 0.410 e. The van der Waals surface area contributed by atoms with Gasteiger partial charge in [-0.3, -0.25) is 4.79 Å². The molecular weight excluding hydrogens is 598 g/mol. The number of rotatable bonds is 14. The van der Waals surface area contributed by atoms with Crippen molar-refractivity contribution in [3.8, 4) is 5.75 Å². The van der Waals surface area contributed by atoms with Crippen molar-refractivity contribution in [2.75, 3.05) is 26.7 Å². The molecule has 0 aromatic heterocycles. The maximum absolute atomic E-state index is 12.8. The van der Waals surface area contributed by atoms with Crippen LogP contribution in [0.15, 0.2) is 53.0 Å². The smallest absolute Gasteiger partial charge is 0.410 e. The van der Waals surface area contributed by atoms with Gasteiger partial charge in [-0.2, -0.15) is 0 Å². The third-order valence-corrected chi connectivity index (χ3v) is 6.02. The zero-order chi connectivity index (χ0) is 30.4. The number of hydrogen-bond acceptors (Lipinski definition) is 7. The zero-order valence-corrected chi connectivity index (χ0v) is 25.4. The molecule has 41 heavy (non-hydrogen) atoms. The molecule has 2 rings (SSSR count). The Balaban J connectivity index is 1.91. The first kappa shape index (κ1) is 33.4. The second-order valence-electron chi connectivity index (χ2n) is 10.3. The topological polar surface area (TPSA) is 144 Å². The van der Waals surface area contributed by atoms with Crippen molar-refractivity contribution in [2.24, 2.45) is 0 Å². The molecule has 0 heterocycles. The number of carbonyl (C=O) groups excluding carboxylic acids is 3. The van der Waals surface area contributed by atoms with Crippen molar-refractivity contribution in [3.05, 3.63) is 64.1 Å². The molecule has 0 bridgehead atoms. The summed E-state index contributed by atoms with van der Waals surface area (Å²) in [4.78, 5) is 49.7. The van der Waals surface area contributed by atoms with Gasteiger partial charge in [0.25, 0.3) is 0 Å². The predicted octanol–water partition coefficient (Wildman–Crippen LogP) is 4.97. The van der Waals surface area contributed by atoms with Crippen LogP contribution in [0.4, 0.5) is 9.59 Å². The van der Waals surface area contributed by atoms with E-state index >= 15 is 0 Å². The molecule has 2 aromatic rings. The van der Waals surface area contributed by atoms with Crippen LogP contribution >= 0.6 is 15.9 Å². The number of aromatic carboxylic acids is 1. The van der Waals surface area contributed by atoms with E-state index in [0.29, 0.717) is 30.3 Å². The van der Waals surface area contributed by atoms with Crippen LogP contribution in [0.2, 0.25) is 0 Å². The van der Waals surface area contributed by atoms with E-state index in [0.717, 1.165) is 5.56 Å². The molecule has 12 heteroatoms. The normalized spacial score (nSPS) is 11.6. The Morgan fingerprint density at radius 1 is 1.05 bits per heavy atom. The highest BCUT2D eigenvalue weighted by atomic mass is 79.9. The van der Waals surface area contributed by atoms with Crippen molar-refractivity contribution < 1.29 is 38.5 Å². The van der Waals surface area contributed by atoms with Gasteiger partial charge in [0.05, 0.1) is 6.04 Å². The number of ether oxygens (including phenoxy) is 3. The van der Waals surface area contributed by atoms with Crippen LogP contribution in [-0.4, -0.2) is 72.5 Å². The fourth-order valence-corrected chi connectivity index (χ4v) is 3.89. The lowest BCUT2D eigenvalue weighted by Crippen LogP contribution is -2.46. The first-order valence-corrected chi connectivity index (χ1v) is 14.0. The van der Waals surface area contributed by atoms with Gasteiger partial charge >= 0.3 is 18.2 Å². The van der Waals surface area contributed by atoms with Gasteiger partial charge in [0.2, 0.25) is 5.91 Å². The molecule has 0 saturated carbocycles. The highest BCUT2D eigenvalue weighted by Crippen LogP contribution is 2.24. The van der Waals surface area contributed by atoms with E-state index < -0.39 is 35.7 Å². The Morgan fingerprint density at radius 3 is 2.41 bits per heavy atom. The van der Waals surface area contributed by atoms with Crippen LogP contribution in [0, 0.1) is 0 Å². The number of hydrogen-bond donors (Lipinski definition) is 3. The summed E-state index contributed by atoms with van der Waals surface area (Å²) in [5.41, 5.74) is 0.169. The Bertz CT molecular complexity index is 1170. The molecule has 0 aliphatic carbocycles. The summed E-state index contributed by atoms with van der Waals surface area (Å²) in [7, 11) is 1.46. The predicted molar refractivity (Wildman–Crippen MR) is 156 cm³/mol. The minimum atomic E-state index is -1.14. The highest BCUT2D eigenvalue weighted by molar-refractivity contribution is 9.10. The molecule has 0 aliphatic heterocycles. The molecule has 0 spiro atoms. The Morgan fingerprint density at radius 2 is 1.76 bits per heavy atom. The van der Waals surface area contributed by atoms with E-state index in [4.69, 9.17) is 14.2 Å². The van der Waals surface area contributed by atoms with Gasteiger partial charge in [-0.1, -0.05) is 46.3 Å². The number of likely N-dealkylation sites (N-methyl/N-ethyl adjacent to an activating group) is 1. The standard InChI is InChI=1S/C29H38BrN3O8/c1-29(2,3)41-28(38)33(4)17-25(34)32-22(19-39-24-16-21(30)13-14-23(24)26(35)36)12-8-9-15-31-27(37)40-18-20-10-6-5-7-11-20/h5-7,10-11,13-14,16,22H,8-9,12,15,17-19H2,1-4H3,(H,31,37)(H,32,34)(H,35,36). The average Bonchev–Trinajstić information content (AvgIpc) is 2.89. The summed E-state index contributed by atoms with van der Waals surface area (Å²) >= 11 is 3.31. The van der Waals surface area contributed by atoms with Crippen molar-refractivity contribution in [3.63, 3.8) is 0 Å². The van der Waals surface area contributed by atoms with Crippen molar-refractivity contribution in [1.29, 1.82) is 0 Å². The van der Waals surface area contributed by atoms with E-state index in [1.807, 2.05) is 30.3 Å². The van der Waals surface area contributed by atoms with Gasteiger partial charge in [0.1, 0.15) is 36.7 Å². The first-order chi connectivity index (χ1) is 19.3. The molecule has 0 fully saturated rings. The van der Waals surface area contributed by atoms with Crippen LogP contribution in [0.1, 0.15) is 56.0 Å². The molecule has 1 unspecified atom stereocenters. The van der Waals surface area contributed by atoms with Crippen LogP contribution in [0.3, 0.4) is 0 Å². The van der Waals surface area contributed by atoms with Crippen LogP contribution in [0.5, 0.6) is 5.75 Å². The van der Waals surface area contributed by atoms with Crippen LogP contribution in [0.25, 0.3) is 0 Å². The number of halogens is 1. The van der Waals surface area contributed by atoms with E-state index in [-0.39, 0.29) is 31.1 Å². The maximum atomic E-state index is 12.8.